The Morgan fingerprint density at radius 3 is 2.70 bits per heavy atom. The Kier molecular flexibility index (Phi) is 4.39. The third-order valence-corrected chi connectivity index (χ3v) is 5.83. The molecule has 0 saturated carbocycles. The summed E-state index contributed by atoms with van der Waals surface area (Å²) < 4.78 is 28.3. The summed E-state index contributed by atoms with van der Waals surface area (Å²) in [5.74, 6) is 0. The highest BCUT2D eigenvalue weighted by Crippen LogP contribution is 2.32. The quantitative estimate of drug-likeness (QED) is 0.842. The molecule has 0 amide bonds. The number of fused-ring (bicyclic) bond motifs is 1. The lowest BCUT2D eigenvalue weighted by Crippen LogP contribution is -2.43. The highest BCUT2D eigenvalue weighted by Gasteiger charge is 2.25. The van der Waals surface area contributed by atoms with Gasteiger partial charge in [-0.1, -0.05) is 18.2 Å². The van der Waals surface area contributed by atoms with Crippen molar-refractivity contribution in [1.82, 2.24) is 4.72 Å². The van der Waals surface area contributed by atoms with Gasteiger partial charge in [0.15, 0.2) is 0 Å². The Balaban J connectivity index is 1.83. The predicted octanol–water partition coefficient (Wildman–Crippen LogP) is 2.64. The van der Waals surface area contributed by atoms with Gasteiger partial charge in [-0.25, -0.2) is 13.1 Å². The van der Waals surface area contributed by atoms with Crippen LogP contribution in [-0.4, -0.2) is 21.0 Å². The SMILES string of the molecule is N#Cc1cc(Br)c2c(c1)CC(NS(=O)(=O)c1ccccc1)CN2. The molecule has 0 bridgehead atoms. The number of nitriles is 1. The standard InChI is InChI=1S/C16H14BrN3O2S/c17-15-7-11(9-18)6-12-8-13(10-19-16(12)15)20-23(21,22)14-4-2-1-3-5-14/h1-7,13,19-20H,8,10H2. The number of sulfonamides is 1. The number of hydrogen-bond acceptors (Lipinski definition) is 4. The van der Waals surface area contributed by atoms with Crippen molar-refractivity contribution in [2.45, 2.75) is 17.4 Å². The second-order valence-electron chi connectivity index (χ2n) is 5.32. The maximum Gasteiger partial charge on any atom is 0.240 e. The van der Waals surface area contributed by atoms with Gasteiger partial charge in [0, 0.05) is 17.1 Å². The number of nitrogens with one attached hydrogen (secondary N) is 2. The molecule has 0 spiro atoms. The molecule has 0 fully saturated rings. The van der Waals surface area contributed by atoms with E-state index in [-0.39, 0.29) is 10.9 Å². The van der Waals surface area contributed by atoms with Gasteiger partial charge in [0.1, 0.15) is 0 Å². The van der Waals surface area contributed by atoms with Crippen LogP contribution in [0.15, 0.2) is 51.8 Å². The van der Waals surface area contributed by atoms with Crippen LogP contribution in [0.5, 0.6) is 0 Å². The molecule has 118 valence electrons. The maximum atomic E-state index is 12.4. The molecule has 1 aliphatic rings. The molecular weight excluding hydrogens is 378 g/mol. The molecule has 0 aromatic heterocycles. The van der Waals surface area contributed by atoms with Crippen molar-refractivity contribution >= 4 is 31.6 Å². The smallest absolute Gasteiger partial charge is 0.240 e. The monoisotopic (exact) mass is 391 g/mol. The Labute approximate surface area is 143 Å². The van der Waals surface area contributed by atoms with E-state index in [9.17, 15) is 8.42 Å². The fraction of sp³-hybridized carbons (Fsp3) is 0.188. The lowest BCUT2D eigenvalue weighted by molar-refractivity contribution is 0.548. The first-order valence-electron chi connectivity index (χ1n) is 7.03. The number of benzene rings is 2. The average Bonchev–Trinajstić information content (AvgIpc) is 2.55. The first kappa shape index (κ1) is 16.0. The Hall–Kier alpha value is -1.88. The predicted molar refractivity (Wildman–Crippen MR) is 91.6 cm³/mol. The first-order valence-corrected chi connectivity index (χ1v) is 9.31. The third-order valence-electron chi connectivity index (χ3n) is 3.67. The van der Waals surface area contributed by atoms with Crippen LogP contribution in [0, 0.1) is 11.3 Å². The number of halogens is 1. The van der Waals surface area contributed by atoms with Gasteiger partial charge in [-0.2, -0.15) is 5.26 Å². The van der Waals surface area contributed by atoms with Crippen LogP contribution in [0.25, 0.3) is 0 Å². The highest BCUT2D eigenvalue weighted by molar-refractivity contribution is 9.10. The summed E-state index contributed by atoms with van der Waals surface area (Å²) in [6.07, 6.45) is 0.530. The van der Waals surface area contributed by atoms with Gasteiger partial charge in [0.2, 0.25) is 10.0 Å². The molecular formula is C16H14BrN3O2S. The zero-order chi connectivity index (χ0) is 16.4. The van der Waals surface area contributed by atoms with Gasteiger partial charge < -0.3 is 5.32 Å². The number of rotatable bonds is 3. The highest BCUT2D eigenvalue weighted by atomic mass is 79.9. The largest absolute Gasteiger partial charge is 0.382 e. The molecule has 3 rings (SSSR count). The molecule has 23 heavy (non-hydrogen) atoms. The summed E-state index contributed by atoms with van der Waals surface area (Å²) in [7, 11) is -3.55. The van der Waals surface area contributed by atoms with Crippen LogP contribution in [0.2, 0.25) is 0 Å². The normalized spacial score (nSPS) is 17.0. The molecule has 0 aliphatic carbocycles. The van der Waals surface area contributed by atoms with Crippen LogP contribution >= 0.6 is 15.9 Å². The summed E-state index contributed by atoms with van der Waals surface area (Å²) in [4.78, 5) is 0.248. The van der Waals surface area contributed by atoms with Crippen LogP contribution in [0.1, 0.15) is 11.1 Å². The lowest BCUT2D eigenvalue weighted by Gasteiger charge is -2.27. The topological polar surface area (TPSA) is 82.0 Å². The molecule has 2 aromatic rings. The fourth-order valence-electron chi connectivity index (χ4n) is 2.62. The van der Waals surface area contributed by atoms with Crippen molar-refractivity contribution in [1.29, 1.82) is 5.26 Å². The molecule has 1 atom stereocenters. The summed E-state index contributed by atoms with van der Waals surface area (Å²) in [5.41, 5.74) is 2.38. The minimum absolute atomic E-state index is 0.248. The van der Waals surface area contributed by atoms with Crippen molar-refractivity contribution in [2.24, 2.45) is 0 Å². The summed E-state index contributed by atoms with van der Waals surface area (Å²) >= 11 is 3.44. The minimum atomic E-state index is -3.55. The van der Waals surface area contributed by atoms with Gasteiger partial charge in [-0.15, -0.1) is 0 Å². The van der Waals surface area contributed by atoms with E-state index in [0.717, 1.165) is 15.7 Å². The van der Waals surface area contributed by atoms with Crippen LogP contribution in [-0.2, 0) is 16.4 Å². The van der Waals surface area contributed by atoms with Gasteiger partial charge in [0.05, 0.1) is 22.2 Å². The minimum Gasteiger partial charge on any atom is -0.382 e. The average molecular weight is 392 g/mol. The van der Waals surface area contributed by atoms with Crippen molar-refractivity contribution in [3.63, 3.8) is 0 Å². The molecule has 2 N–H and O–H groups in total. The molecule has 1 heterocycles. The van der Waals surface area contributed by atoms with E-state index in [1.165, 1.54) is 0 Å². The second-order valence-corrected chi connectivity index (χ2v) is 7.89. The number of nitrogens with zero attached hydrogens (tertiary/aromatic N) is 1. The van der Waals surface area contributed by atoms with E-state index in [4.69, 9.17) is 5.26 Å². The van der Waals surface area contributed by atoms with E-state index in [1.54, 1.807) is 42.5 Å². The summed E-state index contributed by atoms with van der Waals surface area (Å²) in [6, 6.07) is 13.7. The van der Waals surface area contributed by atoms with Crippen molar-refractivity contribution < 1.29 is 8.42 Å². The van der Waals surface area contributed by atoms with Crippen molar-refractivity contribution in [3.8, 4) is 6.07 Å². The molecule has 2 aromatic carbocycles. The Morgan fingerprint density at radius 2 is 2.00 bits per heavy atom. The molecule has 7 heteroatoms. The van der Waals surface area contributed by atoms with Crippen molar-refractivity contribution in [3.05, 3.63) is 58.1 Å². The maximum absolute atomic E-state index is 12.4. The number of hydrogen-bond donors (Lipinski definition) is 2. The molecule has 5 nitrogen and oxygen atoms in total. The van der Waals surface area contributed by atoms with E-state index < -0.39 is 10.0 Å². The van der Waals surface area contributed by atoms with E-state index in [2.05, 4.69) is 32.0 Å². The molecule has 0 radical (unpaired) electrons. The van der Waals surface area contributed by atoms with Crippen LogP contribution in [0.3, 0.4) is 0 Å². The molecule has 1 unspecified atom stereocenters. The van der Waals surface area contributed by atoms with E-state index in [0.29, 0.717) is 18.5 Å². The lowest BCUT2D eigenvalue weighted by atomic mass is 9.98. The van der Waals surface area contributed by atoms with Crippen LogP contribution in [0.4, 0.5) is 5.69 Å². The zero-order valence-corrected chi connectivity index (χ0v) is 14.5. The van der Waals surface area contributed by atoms with Gasteiger partial charge in [-0.3, -0.25) is 0 Å². The first-order chi connectivity index (χ1) is 11.0. The summed E-state index contributed by atoms with van der Waals surface area (Å²) in [5, 5.41) is 12.3. The van der Waals surface area contributed by atoms with Crippen molar-refractivity contribution in [2.75, 3.05) is 11.9 Å². The van der Waals surface area contributed by atoms with E-state index in [1.807, 2.05) is 0 Å². The zero-order valence-electron chi connectivity index (χ0n) is 12.1. The van der Waals surface area contributed by atoms with E-state index >= 15 is 0 Å². The summed E-state index contributed by atoms with van der Waals surface area (Å²) in [6.45, 7) is 0.490. The Bertz CT molecular complexity index is 876. The van der Waals surface area contributed by atoms with Gasteiger partial charge in [-0.05, 0) is 52.2 Å². The Morgan fingerprint density at radius 1 is 1.26 bits per heavy atom. The van der Waals surface area contributed by atoms with Crippen LogP contribution < -0.4 is 10.0 Å². The third kappa shape index (κ3) is 3.39. The van der Waals surface area contributed by atoms with Gasteiger partial charge >= 0.3 is 0 Å². The molecule has 1 aliphatic heterocycles. The second kappa shape index (κ2) is 6.32. The van der Waals surface area contributed by atoms with Gasteiger partial charge in [0.25, 0.3) is 0 Å². The fourth-order valence-corrected chi connectivity index (χ4v) is 4.52. The molecule has 0 saturated heterocycles. The number of anilines is 1.